The number of para-hydroxylation sites is 1. The SMILES string of the molecule is CC(C)(C)c1ccccc1N1CCC1=O. The molecule has 0 aromatic heterocycles. The fraction of sp³-hybridized carbons (Fsp3) is 0.462. The zero-order valence-corrected chi connectivity index (χ0v) is 9.58. The van der Waals surface area contributed by atoms with Crippen molar-refractivity contribution in [2.24, 2.45) is 0 Å². The van der Waals surface area contributed by atoms with Crippen LogP contribution in [-0.2, 0) is 10.2 Å². The van der Waals surface area contributed by atoms with Crippen molar-refractivity contribution in [2.45, 2.75) is 32.6 Å². The predicted octanol–water partition coefficient (Wildman–Crippen LogP) is 2.72. The number of benzene rings is 1. The molecule has 0 N–H and O–H groups in total. The van der Waals surface area contributed by atoms with Crippen LogP contribution in [0.2, 0.25) is 0 Å². The molecule has 2 nitrogen and oxygen atoms in total. The van der Waals surface area contributed by atoms with E-state index >= 15 is 0 Å². The molecule has 1 aromatic carbocycles. The third kappa shape index (κ3) is 1.76. The van der Waals surface area contributed by atoms with Crippen LogP contribution in [0.1, 0.15) is 32.8 Å². The Kier molecular flexibility index (Phi) is 2.29. The Bertz CT molecular complexity index is 390. The molecule has 1 amide bonds. The smallest absolute Gasteiger partial charge is 0.228 e. The second-order valence-corrected chi connectivity index (χ2v) is 5.06. The van der Waals surface area contributed by atoms with E-state index in [0.717, 1.165) is 12.2 Å². The molecule has 2 heteroatoms. The molecule has 0 atom stereocenters. The molecule has 0 aliphatic carbocycles. The summed E-state index contributed by atoms with van der Waals surface area (Å²) in [6.45, 7) is 7.40. The van der Waals surface area contributed by atoms with Crippen molar-refractivity contribution in [3.8, 4) is 0 Å². The van der Waals surface area contributed by atoms with Gasteiger partial charge in [-0.1, -0.05) is 39.0 Å². The minimum atomic E-state index is 0.0897. The minimum Gasteiger partial charge on any atom is -0.312 e. The summed E-state index contributed by atoms with van der Waals surface area (Å²) >= 11 is 0. The molecule has 0 spiro atoms. The molecule has 80 valence electrons. The Morgan fingerprint density at radius 2 is 1.87 bits per heavy atom. The van der Waals surface area contributed by atoms with Gasteiger partial charge in [0.05, 0.1) is 0 Å². The van der Waals surface area contributed by atoms with Crippen molar-refractivity contribution in [1.29, 1.82) is 0 Å². The standard InChI is InChI=1S/C13H17NO/c1-13(2,3)10-6-4-5-7-11(10)14-9-8-12(14)15/h4-7H,8-9H2,1-3H3. The lowest BCUT2D eigenvalue weighted by molar-refractivity contribution is -0.122. The van der Waals surface area contributed by atoms with E-state index in [1.165, 1.54) is 5.56 Å². The third-order valence-electron chi connectivity index (χ3n) is 2.85. The van der Waals surface area contributed by atoms with Crippen LogP contribution >= 0.6 is 0 Å². The topological polar surface area (TPSA) is 20.3 Å². The van der Waals surface area contributed by atoms with Gasteiger partial charge in [-0.05, 0) is 17.0 Å². The molecule has 0 saturated carbocycles. The highest BCUT2D eigenvalue weighted by atomic mass is 16.2. The average Bonchev–Trinajstić information content (AvgIpc) is 2.15. The first-order valence-corrected chi connectivity index (χ1v) is 5.40. The van der Waals surface area contributed by atoms with E-state index in [4.69, 9.17) is 0 Å². The summed E-state index contributed by atoms with van der Waals surface area (Å²) in [5.74, 6) is 0.242. The molecule has 2 rings (SSSR count). The summed E-state index contributed by atoms with van der Waals surface area (Å²) in [4.78, 5) is 13.3. The molecule has 0 unspecified atom stereocenters. The van der Waals surface area contributed by atoms with Crippen molar-refractivity contribution in [3.63, 3.8) is 0 Å². The second kappa shape index (κ2) is 3.37. The molecule has 1 aromatic rings. The Labute approximate surface area is 90.9 Å². The van der Waals surface area contributed by atoms with Gasteiger partial charge in [0.15, 0.2) is 0 Å². The van der Waals surface area contributed by atoms with Crippen LogP contribution in [-0.4, -0.2) is 12.5 Å². The summed E-state index contributed by atoms with van der Waals surface area (Å²) < 4.78 is 0. The maximum Gasteiger partial charge on any atom is 0.228 e. The number of hydrogen-bond donors (Lipinski definition) is 0. The van der Waals surface area contributed by atoms with Crippen molar-refractivity contribution >= 4 is 11.6 Å². The summed E-state index contributed by atoms with van der Waals surface area (Å²) in [6.07, 6.45) is 0.693. The molecule has 1 fully saturated rings. The van der Waals surface area contributed by atoms with Crippen molar-refractivity contribution < 1.29 is 4.79 Å². The lowest BCUT2D eigenvalue weighted by atomic mass is 9.85. The van der Waals surface area contributed by atoms with Gasteiger partial charge in [0, 0.05) is 18.7 Å². The van der Waals surface area contributed by atoms with Gasteiger partial charge in [-0.15, -0.1) is 0 Å². The fourth-order valence-corrected chi connectivity index (χ4v) is 1.91. The first-order chi connectivity index (χ1) is 7.00. The quantitative estimate of drug-likeness (QED) is 0.643. The Balaban J connectivity index is 2.42. The molecule has 0 bridgehead atoms. The zero-order valence-electron chi connectivity index (χ0n) is 9.58. The van der Waals surface area contributed by atoms with Gasteiger partial charge in [0.2, 0.25) is 5.91 Å². The fourth-order valence-electron chi connectivity index (χ4n) is 1.91. The van der Waals surface area contributed by atoms with Crippen LogP contribution in [0.4, 0.5) is 5.69 Å². The lowest BCUT2D eigenvalue weighted by Gasteiger charge is -2.35. The van der Waals surface area contributed by atoms with Gasteiger partial charge in [-0.2, -0.15) is 0 Å². The predicted molar refractivity (Wildman–Crippen MR) is 62.1 cm³/mol. The van der Waals surface area contributed by atoms with E-state index < -0.39 is 0 Å². The summed E-state index contributed by atoms with van der Waals surface area (Å²) in [7, 11) is 0. The van der Waals surface area contributed by atoms with Crippen LogP contribution < -0.4 is 4.90 Å². The molecule has 1 aliphatic heterocycles. The van der Waals surface area contributed by atoms with Gasteiger partial charge in [-0.3, -0.25) is 4.79 Å². The number of β-lactam (4-membered cyclic amide) rings is 1. The molecule has 0 radical (unpaired) electrons. The van der Waals surface area contributed by atoms with Gasteiger partial charge in [0.1, 0.15) is 0 Å². The highest BCUT2D eigenvalue weighted by Crippen LogP contribution is 2.34. The first kappa shape index (κ1) is 10.2. The number of rotatable bonds is 1. The van der Waals surface area contributed by atoms with E-state index in [-0.39, 0.29) is 11.3 Å². The average molecular weight is 203 g/mol. The molecule has 15 heavy (non-hydrogen) atoms. The van der Waals surface area contributed by atoms with Gasteiger partial charge in [0.25, 0.3) is 0 Å². The maximum absolute atomic E-state index is 11.4. The Hall–Kier alpha value is -1.31. The number of nitrogens with zero attached hydrogens (tertiary/aromatic N) is 1. The van der Waals surface area contributed by atoms with Crippen LogP contribution in [0.5, 0.6) is 0 Å². The van der Waals surface area contributed by atoms with E-state index in [9.17, 15) is 4.79 Å². The Morgan fingerprint density at radius 1 is 1.20 bits per heavy atom. The van der Waals surface area contributed by atoms with Gasteiger partial charge >= 0.3 is 0 Å². The number of carbonyl (C=O) groups excluding carboxylic acids is 1. The van der Waals surface area contributed by atoms with Crippen LogP contribution in [0.3, 0.4) is 0 Å². The monoisotopic (exact) mass is 203 g/mol. The van der Waals surface area contributed by atoms with Crippen LogP contribution in [0.25, 0.3) is 0 Å². The number of hydrogen-bond acceptors (Lipinski definition) is 1. The summed E-state index contributed by atoms with van der Waals surface area (Å²) in [5.41, 5.74) is 2.42. The highest BCUT2D eigenvalue weighted by Gasteiger charge is 2.29. The zero-order chi connectivity index (χ0) is 11.1. The number of carbonyl (C=O) groups is 1. The number of anilines is 1. The first-order valence-electron chi connectivity index (χ1n) is 5.40. The van der Waals surface area contributed by atoms with Gasteiger partial charge in [-0.25, -0.2) is 0 Å². The Morgan fingerprint density at radius 3 is 2.33 bits per heavy atom. The molecule has 1 saturated heterocycles. The molecular weight excluding hydrogens is 186 g/mol. The van der Waals surface area contributed by atoms with Crippen LogP contribution in [0, 0.1) is 0 Å². The third-order valence-corrected chi connectivity index (χ3v) is 2.85. The van der Waals surface area contributed by atoms with Crippen LogP contribution in [0.15, 0.2) is 24.3 Å². The highest BCUT2D eigenvalue weighted by molar-refractivity contribution is 6.00. The van der Waals surface area contributed by atoms with Gasteiger partial charge < -0.3 is 4.90 Å². The van der Waals surface area contributed by atoms with E-state index in [0.29, 0.717) is 6.42 Å². The number of amides is 1. The molecular formula is C13H17NO. The lowest BCUT2D eigenvalue weighted by Crippen LogP contribution is -2.44. The maximum atomic E-state index is 11.4. The minimum absolute atomic E-state index is 0.0897. The van der Waals surface area contributed by atoms with Crippen molar-refractivity contribution in [2.75, 3.05) is 11.4 Å². The van der Waals surface area contributed by atoms with E-state index in [1.807, 2.05) is 23.1 Å². The normalized spacial score (nSPS) is 16.5. The van der Waals surface area contributed by atoms with Crippen molar-refractivity contribution in [1.82, 2.24) is 0 Å². The molecule has 1 aliphatic rings. The largest absolute Gasteiger partial charge is 0.312 e. The summed E-state index contributed by atoms with van der Waals surface area (Å²) in [6, 6.07) is 8.18. The second-order valence-electron chi connectivity index (χ2n) is 5.06. The summed E-state index contributed by atoms with van der Waals surface area (Å²) in [5, 5.41) is 0. The van der Waals surface area contributed by atoms with E-state index in [2.05, 4.69) is 26.8 Å². The molecule has 1 heterocycles. The van der Waals surface area contributed by atoms with E-state index in [1.54, 1.807) is 0 Å². The van der Waals surface area contributed by atoms with Crippen molar-refractivity contribution in [3.05, 3.63) is 29.8 Å².